The molecule has 2 heteroatoms. The van der Waals surface area contributed by atoms with Gasteiger partial charge in [0, 0.05) is 0 Å². The van der Waals surface area contributed by atoms with Crippen molar-refractivity contribution in [2.24, 2.45) is 11.7 Å². The van der Waals surface area contributed by atoms with Crippen molar-refractivity contribution in [3.8, 4) is 0 Å². The molecule has 22 heavy (non-hydrogen) atoms. The Kier molecular flexibility index (Phi) is 13.2. The lowest BCUT2D eigenvalue weighted by molar-refractivity contribution is 0.184. The fraction of sp³-hybridized carbons (Fsp3) is 1.00. The third kappa shape index (κ3) is 10.6. The molecular weight excluding hydrogens is 268 g/mol. The summed E-state index contributed by atoms with van der Waals surface area (Å²) in [6.07, 6.45) is 20.0. The van der Waals surface area contributed by atoms with Gasteiger partial charge in [0.1, 0.15) is 0 Å². The molecule has 0 atom stereocenters. The van der Waals surface area contributed by atoms with Crippen molar-refractivity contribution in [1.29, 1.82) is 0 Å². The van der Waals surface area contributed by atoms with Crippen LogP contribution in [0.4, 0.5) is 0 Å². The van der Waals surface area contributed by atoms with Gasteiger partial charge in [-0.25, -0.2) is 0 Å². The predicted octanol–water partition coefficient (Wildman–Crippen LogP) is 5.36. The lowest BCUT2D eigenvalue weighted by Crippen LogP contribution is -2.36. The molecule has 0 unspecified atom stereocenters. The Balaban J connectivity index is 1.75. The van der Waals surface area contributed by atoms with Crippen LogP contribution in [0.1, 0.15) is 96.8 Å². The second kappa shape index (κ2) is 14.5. The van der Waals surface area contributed by atoms with Crippen molar-refractivity contribution in [3.05, 3.63) is 0 Å². The molecule has 2 nitrogen and oxygen atoms in total. The molecule has 1 fully saturated rings. The largest absolute Gasteiger partial charge is 0.330 e. The fourth-order valence-electron chi connectivity index (χ4n) is 3.62. The van der Waals surface area contributed by atoms with Crippen molar-refractivity contribution in [1.82, 2.24) is 4.90 Å². The number of nitrogens with two attached hydrogens (primary N) is 1. The average molecular weight is 311 g/mol. The molecule has 0 radical (unpaired) electrons. The molecule has 0 aromatic heterocycles. The third-order valence-electron chi connectivity index (χ3n) is 5.37. The standard InChI is InChI=1S/C20H42N2/c1-2-3-4-5-6-7-8-9-10-11-12-13-16-22-17-14-20(19-21)15-18-22/h20H,2-19,21H2,1H3. The van der Waals surface area contributed by atoms with Crippen LogP contribution in [0.3, 0.4) is 0 Å². The summed E-state index contributed by atoms with van der Waals surface area (Å²) in [5, 5.41) is 0. The van der Waals surface area contributed by atoms with Gasteiger partial charge in [-0.1, -0.05) is 77.6 Å². The fourth-order valence-corrected chi connectivity index (χ4v) is 3.62. The zero-order valence-corrected chi connectivity index (χ0v) is 15.3. The second-order valence-electron chi connectivity index (χ2n) is 7.41. The maximum atomic E-state index is 5.75. The van der Waals surface area contributed by atoms with E-state index in [-0.39, 0.29) is 0 Å². The molecule has 0 amide bonds. The van der Waals surface area contributed by atoms with Crippen LogP contribution < -0.4 is 5.73 Å². The van der Waals surface area contributed by atoms with E-state index in [0.29, 0.717) is 0 Å². The number of piperidine rings is 1. The number of likely N-dealkylation sites (tertiary alicyclic amines) is 1. The lowest BCUT2D eigenvalue weighted by atomic mass is 9.97. The van der Waals surface area contributed by atoms with E-state index in [9.17, 15) is 0 Å². The van der Waals surface area contributed by atoms with Gasteiger partial charge in [-0.05, 0) is 51.4 Å². The Morgan fingerprint density at radius 1 is 0.727 bits per heavy atom. The maximum absolute atomic E-state index is 5.75. The van der Waals surface area contributed by atoms with Gasteiger partial charge >= 0.3 is 0 Å². The minimum absolute atomic E-state index is 0.804. The predicted molar refractivity (Wildman–Crippen MR) is 99.3 cm³/mol. The Labute approximate surface area is 140 Å². The minimum atomic E-state index is 0.804. The molecule has 0 aromatic rings. The normalized spacial score (nSPS) is 17.2. The molecule has 0 bridgehead atoms. The van der Waals surface area contributed by atoms with Crippen molar-refractivity contribution < 1.29 is 0 Å². The van der Waals surface area contributed by atoms with E-state index in [1.165, 1.54) is 110 Å². The Hall–Kier alpha value is -0.0800. The van der Waals surface area contributed by atoms with Crippen LogP contribution >= 0.6 is 0 Å². The first-order valence-electron chi connectivity index (χ1n) is 10.3. The van der Waals surface area contributed by atoms with Gasteiger partial charge in [-0.2, -0.15) is 0 Å². The van der Waals surface area contributed by atoms with E-state index >= 15 is 0 Å². The summed E-state index contributed by atoms with van der Waals surface area (Å²) >= 11 is 0. The summed E-state index contributed by atoms with van der Waals surface area (Å²) in [5.74, 6) is 0.804. The Morgan fingerprint density at radius 3 is 1.64 bits per heavy atom. The van der Waals surface area contributed by atoms with Gasteiger partial charge in [0.05, 0.1) is 0 Å². The second-order valence-corrected chi connectivity index (χ2v) is 7.41. The van der Waals surface area contributed by atoms with Gasteiger partial charge in [0.15, 0.2) is 0 Å². The summed E-state index contributed by atoms with van der Waals surface area (Å²) in [6.45, 7) is 7.10. The number of nitrogens with zero attached hydrogens (tertiary/aromatic N) is 1. The van der Waals surface area contributed by atoms with E-state index < -0.39 is 0 Å². The highest BCUT2D eigenvalue weighted by Gasteiger charge is 2.16. The molecule has 0 aliphatic carbocycles. The van der Waals surface area contributed by atoms with Gasteiger partial charge < -0.3 is 10.6 Å². The van der Waals surface area contributed by atoms with Crippen molar-refractivity contribution in [2.45, 2.75) is 96.8 Å². The third-order valence-corrected chi connectivity index (χ3v) is 5.37. The quantitative estimate of drug-likeness (QED) is 0.438. The lowest BCUT2D eigenvalue weighted by Gasteiger charge is -2.31. The van der Waals surface area contributed by atoms with Gasteiger partial charge in [-0.15, -0.1) is 0 Å². The smallest absolute Gasteiger partial charge is 0.00156 e. The maximum Gasteiger partial charge on any atom is -0.00156 e. The molecule has 2 N–H and O–H groups in total. The molecule has 1 heterocycles. The number of hydrogen-bond acceptors (Lipinski definition) is 2. The molecule has 0 spiro atoms. The van der Waals surface area contributed by atoms with Crippen LogP contribution in [0.2, 0.25) is 0 Å². The minimum Gasteiger partial charge on any atom is -0.330 e. The zero-order chi connectivity index (χ0) is 15.9. The van der Waals surface area contributed by atoms with E-state index in [2.05, 4.69) is 11.8 Å². The SMILES string of the molecule is CCCCCCCCCCCCCCN1CCC(CN)CC1. The van der Waals surface area contributed by atoms with Crippen LogP contribution in [0.25, 0.3) is 0 Å². The highest BCUT2D eigenvalue weighted by Crippen LogP contribution is 2.17. The number of unbranched alkanes of at least 4 members (excludes halogenated alkanes) is 11. The molecule has 1 aliphatic rings. The zero-order valence-electron chi connectivity index (χ0n) is 15.3. The van der Waals surface area contributed by atoms with Crippen LogP contribution in [-0.2, 0) is 0 Å². The van der Waals surface area contributed by atoms with Crippen LogP contribution in [-0.4, -0.2) is 31.1 Å². The van der Waals surface area contributed by atoms with Gasteiger partial charge in [0.2, 0.25) is 0 Å². The molecule has 0 aromatic carbocycles. The summed E-state index contributed by atoms with van der Waals surface area (Å²) in [6, 6.07) is 0. The van der Waals surface area contributed by atoms with Crippen LogP contribution in [0, 0.1) is 5.92 Å². The van der Waals surface area contributed by atoms with E-state index in [0.717, 1.165) is 12.5 Å². The molecule has 132 valence electrons. The monoisotopic (exact) mass is 310 g/mol. The Bertz CT molecular complexity index is 222. The highest BCUT2D eigenvalue weighted by atomic mass is 15.1. The average Bonchev–Trinajstić information content (AvgIpc) is 2.56. The van der Waals surface area contributed by atoms with Crippen molar-refractivity contribution in [2.75, 3.05) is 26.2 Å². The van der Waals surface area contributed by atoms with Gasteiger partial charge in [0.25, 0.3) is 0 Å². The van der Waals surface area contributed by atoms with Crippen molar-refractivity contribution >= 4 is 0 Å². The number of rotatable bonds is 14. The first-order valence-corrected chi connectivity index (χ1v) is 10.3. The number of hydrogen-bond donors (Lipinski definition) is 1. The highest BCUT2D eigenvalue weighted by molar-refractivity contribution is 4.72. The molecular formula is C20H42N2. The molecule has 0 saturated carbocycles. The Morgan fingerprint density at radius 2 is 1.18 bits per heavy atom. The van der Waals surface area contributed by atoms with Crippen molar-refractivity contribution in [3.63, 3.8) is 0 Å². The summed E-state index contributed by atoms with van der Waals surface area (Å²) < 4.78 is 0. The van der Waals surface area contributed by atoms with Crippen LogP contribution in [0.15, 0.2) is 0 Å². The van der Waals surface area contributed by atoms with E-state index in [4.69, 9.17) is 5.73 Å². The summed E-state index contributed by atoms with van der Waals surface area (Å²) in [5.41, 5.74) is 5.75. The summed E-state index contributed by atoms with van der Waals surface area (Å²) in [7, 11) is 0. The summed E-state index contributed by atoms with van der Waals surface area (Å²) in [4.78, 5) is 2.66. The van der Waals surface area contributed by atoms with Crippen LogP contribution in [0.5, 0.6) is 0 Å². The topological polar surface area (TPSA) is 29.3 Å². The first kappa shape index (κ1) is 20.0. The van der Waals surface area contributed by atoms with E-state index in [1.54, 1.807) is 0 Å². The molecule has 1 rings (SSSR count). The van der Waals surface area contributed by atoms with Gasteiger partial charge in [-0.3, -0.25) is 0 Å². The first-order chi connectivity index (χ1) is 10.9. The molecule has 1 saturated heterocycles. The molecule has 1 aliphatic heterocycles. The van der Waals surface area contributed by atoms with E-state index in [1.807, 2.05) is 0 Å².